The number of nitrogens with zero attached hydrogens (tertiary/aromatic N) is 4. The fraction of sp³-hybridized carbons (Fsp3) is 0.421. The molecule has 0 bridgehead atoms. The second-order valence-corrected chi connectivity index (χ2v) is 8.13. The average molecular weight is 370 g/mol. The molecule has 0 unspecified atom stereocenters. The highest BCUT2D eigenvalue weighted by atomic mass is 32.1. The van der Waals surface area contributed by atoms with Crippen LogP contribution in [-0.4, -0.2) is 40.4 Å². The van der Waals surface area contributed by atoms with E-state index in [1.54, 1.807) is 11.3 Å². The number of aryl methyl sites for hydroxylation is 2. The third-order valence-electron chi connectivity index (χ3n) is 4.35. The maximum atomic E-state index is 5.83. The van der Waals surface area contributed by atoms with Crippen LogP contribution in [0.5, 0.6) is 0 Å². The van der Waals surface area contributed by atoms with Crippen LogP contribution in [0.4, 0.5) is 5.95 Å². The number of thiophene rings is 1. The molecule has 0 spiro atoms. The molecule has 1 fully saturated rings. The van der Waals surface area contributed by atoms with Gasteiger partial charge >= 0.3 is 0 Å². The number of rotatable bonds is 3. The zero-order valence-corrected chi connectivity index (χ0v) is 16.2. The molecule has 1 saturated heterocycles. The van der Waals surface area contributed by atoms with Gasteiger partial charge in [-0.05, 0) is 39.8 Å². The van der Waals surface area contributed by atoms with E-state index in [-0.39, 0.29) is 12.2 Å². The minimum atomic E-state index is 0.159. The predicted molar refractivity (Wildman–Crippen MR) is 103 cm³/mol. The quantitative estimate of drug-likeness (QED) is 0.692. The summed E-state index contributed by atoms with van der Waals surface area (Å²) in [5.41, 5.74) is 2.59. The van der Waals surface area contributed by atoms with Gasteiger partial charge in [-0.2, -0.15) is 0 Å². The largest absolute Gasteiger partial charge is 0.372 e. The van der Waals surface area contributed by atoms with E-state index < -0.39 is 0 Å². The van der Waals surface area contributed by atoms with Gasteiger partial charge < -0.3 is 14.2 Å². The maximum absolute atomic E-state index is 5.83. The summed E-state index contributed by atoms with van der Waals surface area (Å²) in [5.74, 6) is 1.42. The summed E-state index contributed by atoms with van der Waals surface area (Å²) < 4.78 is 11.3. The minimum Gasteiger partial charge on any atom is -0.372 e. The monoisotopic (exact) mass is 370 g/mol. The molecular formula is C19H22N4O2S. The van der Waals surface area contributed by atoms with Gasteiger partial charge in [0.2, 0.25) is 5.95 Å². The Morgan fingerprint density at radius 3 is 2.54 bits per heavy atom. The van der Waals surface area contributed by atoms with Gasteiger partial charge in [0.1, 0.15) is 0 Å². The van der Waals surface area contributed by atoms with Crippen molar-refractivity contribution >= 4 is 17.3 Å². The van der Waals surface area contributed by atoms with Gasteiger partial charge in [0, 0.05) is 30.2 Å². The van der Waals surface area contributed by atoms with Crippen molar-refractivity contribution in [2.75, 3.05) is 18.0 Å². The van der Waals surface area contributed by atoms with Crippen molar-refractivity contribution in [3.63, 3.8) is 0 Å². The lowest BCUT2D eigenvalue weighted by atomic mass is 10.1. The van der Waals surface area contributed by atoms with Crippen LogP contribution in [0, 0.1) is 13.8 Å². The van der Waals surface area contributed by atoms with E-state index in [1.807, 2.05) is 19.2 Å². The highest BCUT2D eigenvalue weighted by Gasteiger charge is 2.25. The van der Waals surface area contributed by atoms with Crippen LogP contribution in [0.25, 0.3) is 21.9 Å². The van der Waals surface area contributed by atoms with Gasteiger partial charge in [-0.15, -0.1) is 11.3 Å². The van der Waals surface area contributed by atoms with Crippen molar-refractivity contribution in [2.45, 2.75) is 39.9 Å². The van der Waals surface area contributed by atoms with Crippen LogP contribution in [0.3, 0.4) is 0 Å². The SMILES string of the molecule is Cc1cc(-c2cnc(N3C[C@@H](C)O[C@H](C)C3)nc2-c2ccc(C)s2)on1. The Hall–Kier alpha value is -2.25. The van der Waals surface area contributed by atoms with E-state index in [0.717, 1.165) is 40.9 Å². The van der Waals surface area contributed by atoms with E-state index in [2.05, 4.69) is 47.9 Å². The average Bonchev–Trinajstić information content (AvgIpc) is 3.22. The Morgan fingerprint density at radius 2 is 1.92 bits per heavy atom. The van der Waals surface area contributed by atoms with Gasteiger partial charge in [0.25, 0.3) is 0 Å². The Balaban J connectivity index is 1.79. The van der Waals surface area contributed by atoms with E-state index in [1.165, 1.54) is 4.88 Å². The molecule has 0 N–H and O–H groups in total. The Bertz CT molecular complexity index is 910. The number of hydrogen-bond acceptors (Lipinski definition) is 7. The summed E-state index contributed by atoms with van der Waals surface area (Å²) in [4.78, 5) is 14.1. The normalized spacial score (nSPS) is 20.5. The summed E-state index contributed by atoms with van der Waals surface area (Å²) >= 11 is 1.72. The Morgan fingerprint density at radius 1 is 1.15 bits per heavy atom. The smallest absolute Gasteiger partial charge is 0.226 e. The molecule has 1 aliphatic rings. The van der Waals surface area contributed by atoms with Crippen LogP contribution in [0.15, 0.2) is 28.9 Å². The lowest BCUT2D eigenvalue weighted by Crippen LogP contribution is -2.46. The molecule has 0 radical (unpaired) electrons. The van der Waals surface area contributed by atoms with Gasteiger partial charge in [-0.1, -0.05) is 5.16 Å². The zero-order chi connectivity index (χ0) is 18.3. The molecule has 0 saturated carbocycles. The first-order valence-electron chi connectivity index (χ1n) is 8.77. The Labute approximate surface area is 156 Å². The topological polar surface area (TPSA) is 64.3 Å². The molecular weight excluding hydrogens is 348 g/mol. The van der Waals surface area contributed by atoms with Crippen molar-refractivity contribution in [1.29, 1.82) is 0 Å². The summed E-state index contributed by atoms with van der Waals surface area (Å²) in [6, 6.07) is 6.13. The van der Waals surface area contributed by atoms with Crippen molar-refractivity contribution in [1.82, 2.24) is 15.1 Å². The molecule has 0 amide bonds. The zero-order valence-electron chi connectivity index (χ0n) is 15.4. The molecule has 4 heterocycles. The van der Waals surface area contributed by atoms with Crippen LogP contribution >= 0.6 is 11.3 Å². The highest BCUT2D eigenvalue weighted by molar-refractivity contribution is 7.15. The maximum Gasteiger partial charge on any atom is 0.226 e. The van der Waals surface area contributed by atoms with E-state index in [0.29, 0.717) is 5.76 Å². The minimum absolute atomic E-state index is 0.159. The molecule has 136 valence electrons. The standard InChI is InChI=1S/C19H22N4O2S/c1-11-7-16(25-22-11)15-8-20-19(23-9-12(2)24-13(3)10-23)21-18(15)17-6-5-14(4)26-17/h5-8,12-13H,9-10H2,1-4H3/t12-,13-/m1/s1. The van der Waals surface area contributed by atoms with Crippen molar-refractivity contribution in [2.24, 2.45) is 0 Å². The highest BCUT2D eigenvalue weighted by Crippen LogP contribution is 2.35. The summed E-state index contributed by atoms with van der Waals surface area (Å²) in [7, 11) is 0. The van der Waals surface area contributed by atoms with Crippen LogP contribution in [0.1, 0.15) is 24.4 Å². The summed E-state index contributed by atoms with van der Waals surface area (Å²) in [5, 5.41) is 4.01. The van der Waals surface area contributed by atoms with Crippen LogP contribution in [-0.2, 0) is 4.74 Å². The first kappa shape index (κ1) is 17.2. The van der Waals surface area contributed by atoms with Gasteiger partial charge in [-0.3, -0.25) is 0 Å². The fourth-order valence-electron chi connectivity index (χ4n) is 3.29. The number of aromatic nitrogens is 3. The number of anilines is 1. The molecule has 4 rings (SSSR count). The predicted octanol–water partition coefficient (Wildman–Crippen LogP) is 4.09. The molecule has 26 heavy (non-hydrogen) atoms. The lowest BCUT2D eigenvalue weighted by molar-refractivity contribution is -0.00571. The molecule has 3 aromatic heterocycles. The summed E-state index contributed by atoms with van der Waals surface area (Å²) in [6.07, 6.45) is 2.16. The molecule has 0 aliphatic carbocycles. The second kappa shape index (κ2) is 6.81. The number of morpholine rings is 1. The third kappa shape index (κ3) is 3.37. The number of hydrogen-bond donors (Lipinski definition) is 0. The number of ether oxygens (including phenoxy) is 1. The third-order valence-corrected chi connectivity index (χ3v) is 5.35. The van der Waals surface area contributed by atoms with Gasteiger partial charge in [-0.25, -0.2) is 9.97 Å². The first-order chi connectivity index (χ1) is 12.5. The fourth-order valence-corrected chi connectivity index (χ4v) is 4.16. The molecule has 1 aliphatic heterocycles. The molecule has 2 atom stereocenters. The van der Waals surface area contributed by atoms with Gasteiger partial charge in [0.15, 0.2) is 5.76 Å². The lowest BCUT2D eigenvalue weighted by Gasteiger charge is -2.35. The van der Waals surface area contributed by atoms with Crippen LogP contribution < -0.4 is 4.90 Å². The van der Waals surface area contributed by atoms with E-state index >= 15 is 0 Å². The molecule has 6 nitrogen and oxygen atoms in total. The Kier molecular flexibility index (Phi) is 4.50. The van der Waals surface area contributed by atoms with E-state index in [9.17, 15) is 0 Å². The van der Waals surface area contributed by atoms with Crippen molar-refractivity contribution in [3.8, 4) is 21.9 Å². The molecule has 0 aromatic carbocycles. The van der Waals surface area contributed by atoms with Crippen LogP contribution in [0.2, 0.25) is 0 Å². The van der Waals surface area contributed by atoms with E-state index in [4.69, 9.17) is 14.2 Å². The van der Waals surface area contributed by atoms with Crippen molar-refractivity contribution in [3.05, 3.63) is 35.0 Å². The summed E-state index contributed by atoms with van der Waals surface area (Å²) in [6.45, 7) is 9.74. The molecule has 3 aromatic rings. The second-order valence-electron chi connectivity index (χ2n) is 6.84. The molecule has 7 heteroatoms. The first-order valence-corrected chi connectivity index (χ1v) is 9.59. The van der Waals surface area contributed by atoms with Gasteiger partial charge in [0.05, 0.1) is 34.0 Å². The van der Waals surface area contributed by atoms with Crippen molar-refractivity contribution < 1.29 is 9.26 Å².